The molecule has 0 saturated carbocycles. The number of benzene rings is 8. The molecule has 0 radical (unpaired) electrons. The molecule has 0 unspecified atom stereocenters. The predicted molar refractivity (Wildman–Crippen MR) is 181 cm³/mol. The minimum Gasteiger partial charge on any atom is -0.289 e. The van der Waals surface area contributed by atoms with Gasteiger partial charge in [0.2, 0.25) is 0 Å². The molecule has 0 aliphatic rings. The van der Waals surface area contributed by atoms with Crippen molar-refractivity contribution in [3.8, 4) is 0 Å². The van der Waals surface area contributed by atoms with E-state index in [1.54, 1.807) is 0 Å². The fourth-order valence-corrected chi connectivity index (χ4v) is 9.41. The molecule has 0 aromatic heterocycles. The van der Waals surface area contributed by atoms with E-state index in [-0.39, 0.29) is 10.9 Å². The molecule has 0 bridgehead atoms. The Labute approximate surface area is 264 Å². The zero-order valence-electron chi connectivity index (χ0n) is 18.7. The van der Waals surface area contributed by atoms with E-state index in [0.29, 0.717) is 21.5 Å². The monoisotopic (exact) mass is 874 g/mol. The van der Waals surface area contributed by atoms with Crippen molar-refractivity contribution in [3.63, 3.8) is 0 Å². The summed E-state index contributed by atoms with van der Waals surface area (Å²) in [6.07, 6.45) is 0. The molecule has 0 aliphatic heterocycles. The number of hydrogen-bond acceptors (Lipinski definition) is 2. The molecule has 182 valence electrons. The first-order chi connectivity index (χ1) is 18.2. The third-order valence-corrected chi connectivity index (χ3v) is 11.6. The Morgan fingerprint density at radius 2 is 0.658 bits per heavy atom. The molecular weight excluding hydrogens is 872 g/mol. The van der Waals surface area contributed by atoms with Gasteiger partial charge in [-0.1, -0.05) is 95.6 Å². The number of fused-ring (bicyclic) bond motifs is 4. The van der Waals surface area contributed by atoms with E-state index in [9.17, 15) is 9.59 Å². The third-order valence-electron chi connectivity index (χ3n) is 7.69. The second-order valence-corrected chi connectivity index (χ2v) is 14.6. The van der Waals surface area contributed by atoms with E-state index < -0.39 is 0 Å². The molecule has 8 aromatic rings. The summed E-state index contributed by atoms with van der Waals surface area (Å²) in [6.45, 7) is 0. The Kier molecular flexibility index (Phi) is 5.18. The van der Waals surface area contributed by atoms with E-state index >= 15 is 0 Å². The second-order valence-electron chi connectivity index (χ2n) is 9.47. The van der Waals surface area contributed by atoms with Crippen LogP contribution in [-0.2, 0) is 0 Å². The first-order valence-electron chi connectivity index (χ1n) is 11.4. The SMILES string of the molecule is O=c1c2cc(Br)c3cc4c5c(Br)ccc(Br)c5c(=O)c5cc(Br)c6cc(c7c(Br)ccc(Br)c17)c2c3c6c54. The molecule has 8 heteroatoms. The molecule has 0 fully saturated rings. The summed E-state index contributed by atoms with van der Waals surface area (Å²) in [5.41, 5.74) is -0.0574. The average molecular weight is 880 g/mol. The minimum absolute atomic E-state index is 0.0287. The van der Waals surface area contributed by atoms with Gasteiger partial charge in [-0.05, 0) is 80.8 Å². The van der Waals surface area contributed by atoms with Crippen LogP contribution in [0.3, 0.4) is 0 Å². The van der Waals surface area contributed by atoms with Crippen LogP contribution in [0.5, 0.6) is 0 Å². The van der Waals surface area contributed by atoms with Crippen LogP contribution in [0.2, 0.25) is 0 Å². The molecular formula is C30H8Br6O2. The van der Waals surface area contributed by atoms with Gasteiger partial charge in [-0.2, -0.15) is 0 Å². The van der Waals surface area contributed by atoms with Crippen LogP contribution in [0.15, 0.2) is 85.0 Å². The lowest BCUT2D eigenvalue weighted by atomic mass is 9.84. The summed E-state index contributed by atoms with van der Waals surface area (Å²) in [7, 11) is 0. The van der Waals surface area contributed by atoms with Gasteiger partial charge in [0.1, 0.15) is 0 Å². The summed E-state index contributed by atoms with van der Waals surface area (Å²) in [4.78, 5) is 27.9. The van der Waals surface area contributed by atoms with Crippen molar-refractivity contribution in [1.82, 2.24) is 0 Å². The second kappa shape index (κ2) is 8.08. The fourth-order valence-electron chi connectivity index (χ4n) is 6.22. The van der Waals surface area contributed by atoms with Crippen molar-refractivity contribution in [2.45, 2.75) is 0 Å². The maximum Gasteiger partial charge on any atom is 0.195 e. The standard InChI is InChI=1S/C30H8Br6O2/c31-15-1-3-17(33)27-23(15)11-5-9-19(35)8-14-22-12(24-16(32)2-4-18(34)28(24)30(14)38)6-10-20(36)7-13(29(27)37)21(11)25(10)26(9)22/h1-8H. The molecule has 0 atom stereocenters. The van der Waals surface area contributed by atoms with Crippen LogP contribution in [0.25, 0.3) is 75.4 Å². The van der Waals surface area contributed by atoms with Gasteiger partial charge in [0.25, 0.3) is 0 Å². The van der Waals surface area contributed by atoms with Gasteiger partial charge in [-0.25, -0.2) is 0 Å². The van der Waals surface area contributed by atoms with Crippen molar-refractivity contribution in [2.24, 2.45) is 0 Å². The third kappa shape index (κ3) is 2.87. The quantitative estimate of drug-likeness (QED) is 0.112. The maximum absolute atomic E-state index is 14.0. The van der Waals surface area contributed by atoms with Gasteiger partial charge in [0, 0.05) is 69.9 Å². The Balaban J connectivity index is 1.84. The number of hydrogen-bond donors (Lipinski definition) is 0. The Bertz CT molecular complexity index is 2330. The Morgan fingerprint density at radius 1 is 0.316 bits per heavy atom. The molecule has 0 amide bonds. The average Bonchev–Trinajstić information content (AvgIpc) is 2.89. The Hall–Kier alpha value is -1.42. The fraction of sp³-hybridized carbons (Fsp3) is 0. The zero-order chi connectivity index (χ0) is 26.4. The number of rotatable bonds is 0. The van der Waals surface area contributed by atoms with Crippen molar-refractivity contribution in [2.75, 3.05) is 0 Å². The van der Waals surface area contributed by atoms with Gasteiger partial charge < -0.3 is 0 Å². The predicted octanol–water partition coefficient (Wildman–Crippen LogP) is 11.4. The van der Waals surface area contributed by atoms with Gasteiger partial charge in [-0.3, -0.25) is 9.59 Å². The molecule has 0 spiro atoms. The van der Waals surface area contributed by atoms with Crippen molar-refractivity contribution < 1.29 is 0 Å². The van der Waals surface area contributed by atoms with Crippen molar-refractivity contribution in [1.29, 1.82) is 0 Å². The van der Waals surface area contributed by atoms with Crippen LogP contribution in [0, 0.1) is 0 Å². The van der Waals surface area contributed by atoms with E-state index in [0.717, 1.165) is 80.7 Å². The first-order valence-corrected chi connectivity index (χ1v) is 16.2. The summed E-state index contributed by atoms with van der Waals surface area (Å²) in [6, 6.07) is 15.9. The lowest BCUT2D eigenvalue weighted by Crippen LogP contribution is -2.08. The van der Waals surface area contributed by atoms with Gasteiger partial charge >= 0.3 is 0 Å². The normalized spacial score (nSPS) is 12.7. The van der Waals surface area contributed by atoms with Crippen molar-refractivity contribution >= 4 is 171 Å². The van der Waals surface area contributed by atoms with Gasteiger partial charge in [-0.15, -0.1) is 0 Å². The molecule has 0 aliphatic carbocycles. The summed E-state index contributed by atoms with van der Waals surface area (Å²) in [5.74, 6) is 0. The van der Waals surface area contributed by atoms with Gasteiger partial charge in [0.15, 0.2) is 10.9 Å². The molecule has 0 heterocycles. The van der Waals surface area contributed by atoms with Crippen LogP contribution in [-0.4, -0.2) is 0 Å². The lowest BCUT2D eigenvalue weighted by Gasteiger charge is -2.21. The molecule has 2 nitrogen and oxygen atoms in total. The van der Waals surface area contributed by atoms with Gasteiger partial charge in [0.05, 0.1) is 0 Å². The highest BCUT2D eigenvalue weighted by Crippen LogP contribution is 2.50. The van der Waals surface area contributed by atoms with Crippen LogP contribution >= 0.6 is 95.6 Å². The van der Waals surface area contributed by atoms with E-state index in [1.807, 2.05) is 36.4 Å². The minimum atomic E-state index is -0.0287. The number of halogens is 6. The summed E-state index contributed by atoms with van der Waals surface area (Å²) in [5, 5.41) is 12.1. The lowest BCUT2D eigenvalue weighted by molar-refractivity contribution is 1.65. The maximum atomic E-state index is 14.0. The molecule has 0 saturated heterocycles. The highest BCUT2D eigenvalue weighted by Gasteiger charge is 2.26. The first kappa shape index (κ1) is 24.4. The van der Waals surface area contributed by atoms with E-state index in [2.05, 4.69) is 108 Å². The van der Waals surface area contributed by atoms with Crippen LogP contribution < -0.4 is 10.9 Å². The Morgan fingerprint density at radius 3 is 1.03 bits per heavy atom. The highest BCUT2D eigenvalue weighted by atomic mass is 79.9. The molecule has 8 rings (SSSR count). The topological polar surface area (TPSA) is 34.1 Å². The van der Waals surface area contributed by atoms with Crippen LogP contribution in [0.1, 0.15) is 0 Å². The van der Waals surface area contributed by atoms with Crippen LogP contribution in [0.4, 0.5) is 0 Å². The zero-order valence-corrected chi connectivity index (χ0v) is 28.2. The summed E-state index contributed by atoms with van der Waals surface area (Å²) >= 11 is 22.3. The van der Waals surface area contributed by atoms with E-state index in [1.165, 1.54) is 0 Å². The molecule has 8 aromatic carbocycles. The largest absolute Gasteiger partial charge is 0.289 e. The van der Waals surface area contributed by atoms with E-state index in [4.69, 9.17) is 0 Å². The highest BCUT2D eigenvalue weighted by molar-refractivity contribution is 9.11. The molecule has 0 N–H and O–H groups in total. The van der Waals surface area contributed by atoms with Crippen molar-refractivity contribution in [3.05, 3.63) is 95.8 Å². The smallest absolute Gasteiger partial charge is 0.195 e. The summed E-state index contributed by atoms with van der Waals surface area (Å²) < 4.78 is 4.92. The molecule has 38 heavy (non-hydrogen) atoms.